The Kier molecular flexibility index (Phi) is 7.75. The molecule has 216 valence electrons. The van der Waals surface area contributed by atoms with E-state index in [1.54, 1.807) is 39.8 Å². The van der Waals surface area contributed by atoms with Gasteiger partial charge in [-0.3, -0.25) is 23.6 Å². The lowest BCUT2D eigenvalue weighted by Gasteiger charge is -2.40. The molecule has 12 heteroatoms. The van der Waals surface area contributed by atoms with Crippen LogP contribution in [0.1, 0.15) is 34.7 Å². The summed E-state index contributed by atoms with van der Waals surface area (Å²) in [7, 11) is -6.07. The molecule has 2 fully saturated rings. The molecule has 3 heterocycles. The fourth-order valence-corrected chi connectivity index (χ4v) is 7.20. The van der Waals surface area contributed by atoms with Gasteiger partial charge in [-0.1, -0.05) is 0 Å². The van der Waals surface area contributed by atoms with Crippen molar-refractivity contribution in [2.45, 2.75) is 24.8 Å². The summed E-state index contributed by atoms with van der Waals surface area (Å²) >= 11 is 0. The van der Waals surface area contributed by atoms with Crippen LogP contribution in [-0.2, 0) is 9.84 Å². The molecule has 2 amide bonds. The summed E-state index contributed by atoms with van der Waals surface area (Å²) in [5.74, 6) is -0.0594. The quantitative estimate of drug-likeness (QED) is 0.468. The number of aromatic nitrogens is 1. The molecule has 2 aliphatic rings. The Bertz CT molecular complexity index is 1530. The molecular weight excluding hydrogens is 552 g/mol. The van der Waals surface area contributed by atoms with Crippen molar-refractivity contribution < 1.29 is 27.1 Å². The summed E-state index contributed by atoms with van der Waals surface area (Å²) in [4.78, 5) is 33.1. The van der Waals surface area contributed by atoms with Gasteiger partial charge in [0.15, 0.2) is 9.84 Å². The molecule has 2 aromatic carbocycles. The molecule has 2 aliphatic heterocycles. The Hall–Kier alpha value is -2.90. The van der Waals surface area contributed by atoms with E-state index in [2.05, 4.69) is 18.7 Å². The van der Waals surface area contributed by atoms with Crippen LogP contribution in [0.5, 0.6) is 0 Å². The number of carbonyl (C=O) groups is 2. The average molecular weight is 589 g/mol. The second kappa shape index (κ2) is 10.8. The van der Waals surface area contributed by atoms with E-state index < -0.39 is 20.4 Å². The molecule has 2 saturated heterocycles. The molecule has 10 nitrogen and oxygen atoms in total. The van der Waals surface area contributed by atoms with Gasteiger partial charge in [0.05, 0.1) is 21.9 Å². The van der Waals surface area contributed by atoms with Crippen LogP contribution in [-0.4, -0.2) is 112 Å². The van der Waals surface area contributed by atoms with Crippen molar-refractivity contribution in [2.75, 3.05) is 57.0 Å². The lowest BCUT2D eigenvalue weighted by atomic mass is 10.1. The summed E-state index contributed by atoms with van der Waals surface area (Å²) in [6.07, 6.45) is 1.14. The fraction of sp³-hybridized carbons (Fsp3) is 0.429. The van der Waals surface area contributed by atoms with Crippen LogP contribution >= 0.6 is 10.6 Å². The maximum absolute atomic E-state index is 13.7. The number of piperazine rings is 1. The van der Waals surface area contributed by atoms with Gasteiger partial charge < -0.3 is 14.4 Å². The first-order valence-electron chi connectivity index (χ1n) is 13.4. The normalized spacial score (nSPS) is 19.2. The van der Waals surface area contributed by atoms with Crippen LogP contribution in [0, 0.1) is 0 Å². The van der Waals surface area contributed by atoms with E-state index in [0.717, 1.165) is 19.3 Å². The van der Waals surface area contributed by atoms with Crippen molar-refractivity contribution in [3.05, 3.63) is 59.8 Å². The van der Waals surface area contributed by atoms with Crippen molar-refractivity contribution in [3.8, 4) is 5.69 Å². The zero-order chi connectivity index (χ0) is 28.8. The molecule has 5 rings (SSSR count). The van der Waals surface area contributed by atoms with Gasteiger partial charge in [0, 0.05) is 68.2 Å². The summed E-state index contributed by atoms with van der Waals surface area (Å²) in [6.45, 7) is 7.71. The highest BCUT2D eigenvalue weighted by Gasteiger charge is 2.29. The SMILES string of the molecule is CC(C)N1CCN(C(=O)c2ccc3c(c2)cc(C(=O)N2CCS(O)(O)CC2)n3-c2ccc(S(C)(=O)=O)cc2)CC1. The first-order valence-corrected chi connectivity index (χ1v) is 17.1. The summed E-state index contributed by atoms with van der Waals surface area (Å²) in [5, 5.41) is 0.712. The van der Waals surface area contributed by atoms with Crippen LogP contribution in [0.4, 0.5) is 0 Å². The van der Waals surface area contributed by atoms with Crippen LogP contribution in [0.25, 0.3) is 16.6 Å². The van der Waals surface area contributed by atoms with Gasteiger partial charge in [0.1, 0.15) is 5.69 Å². The Balaban J connectivity index is 1.52. The Labute approximate surface area is 236 Å². The standard InChI is InChI=1S/C28H36N4O6S2/c1-20(2)29-10-12-30(13-11-29)27(33)21-4-9-25-22(18-21)19-26(28(34)31-14-16-40(37,38)17-15-31)32(25)23-5-7-24(8-6-23)39(3,35)36/h4-9,18-20,37-38H,10-17H2,1-3H3. The van der Waals surface area contributed by atoms with Crippen molar-refractivity contribution in [3.63, 3.8) is 0 Å². The third-order valence-electron chi connectivity index (χ3n) is 7.79. The molecule has 3 aromatic rings. The number of carbonyl (C=O) groups excluding carboxylic acids is 2. The number of sulfone groups is 1. The number of hydrogen-bond acceptors (Lipinski definition) is 7. The third-order valence-corrected chi connectivity index (χ3v) is 10.6. The number of nitrogens with zero attached hydrogens (tertiary/aromatic N) is 4. The minimum Gasteiger partial charge on any atom is -0.336 e. The minimum absolute atomic E-state index is 0.0512. The molecule has 2 N–H and O–H groups in total. The number of amides is 2. The lowest BCUT2D eigenvalue weighted by molar-refractivity contribution is 0.0595. The second-order valence-electron chi connectivity index (χ2n) is 10.8. The largest absolute Gasteiger partial charge is 0.336 e. The average Bonchev–Trinajstić information content (AvgIpc) is 3.30. The molecule has 0 saturated carbocycles. The highest BCUT2D eigenvalue weighted by Crippen LogP contribution is 2.40. The van der Waals surface area contributed by atoms with E-state index in [1.165, 1.54) is 12.1 Å². The predicted octanol–water partition coefficient (Wildman–Crippen LogP) is 3.41. The number of hydrogen-bond donors (Lipinski definition) is 2. The summed E-state index contributed by atoms with van der Waals surface area (Å²) < 4.78 is 45.8. The van der Waals surface area contributed by atoms with Gasteiger partial charge in [-0.25, -0.2) is 8.42 Å². The van der Waals surface area contributed by atoms with E-state index in [-0.39, 0.29) is 41.3 Å². The Morgan fingerprint density at radius 1 is 0.825 bits per heavy atom. The maximum Gasteiger partial charge on any atom is 0.270 e. The number of fused-ring (bicyclic) bond motifs is 1. The minimum atomic E-state index is -3.39. The number of benzene rings is 2. The highest BCUT2D eigenvalue weighted by atomic mass is 32.3. The monoisotopic (exact) mass is 588 g/mol. The first-order chi connectivity index (χ1) is 18.8. The van der Waals surface area contributed by atoms with Gasteiger partial charge in [0.25, 0.3) is 11.8 Å². The molecule has 0 spiro atoms. The van der Waals surface area contributed by atoms with E-state index >= 15 is 0 Å². The molecule has 0 aliphatic carbocycles. The van der Waals surface area contributed by atoms with Crippen molar-refractivity contribution in [1.29, 1.82) is 0 Å². The summed E-state index contributed by atoms with van der Waals surface area (Å²) in [6, 6.07) is 13.9. The van der Waals surface area contributed by atoms with Gasteiger partial charge in [-0.05, 0) is 62.4 Å². The van der Waals surface area contributed by atoms with E-state index in [4.69, 9.17) is 0 Å². The molecule has 0 radical (unpaired) electrons. The Morgan fingerprint density at radius 2 is 1.43 bits per heavy atom. The maximum atomic E-state index is 13.7. The van der Waals surface area contributed by atoms with Gasteiger partial charge in [0.2, 0.25) is 0 Å². The van der Waals surface area contributed by atoms with Crippen LogP contribution in [0.15, 0.2) is 53.4 Å². The van der Waals surface area contributed by atoms with Crippen LogP contribution in [0.3, 0.4) is 0 Å². The molecular formula is C28H36N4O6S2. The lowest BCUT2D eigenvalue weighted by Crippen LogP contribution is -2.50. The Morgan fingerprint density at radius 3 is 2.00 bits per heavy atom. The van der Waals surface area contributed by atoms with E-state index in [0.29, 0.717) is 47.0 Å². The zero-order valence-electron chi connectivity index (χ0n) is 23.0. The first kappa shape index (κ1) is 28.6. The van der Waals surface area contributed by atoms with E-state index in [9.17, 15) is 27.1 Å². The fourth-order valence-electron chi connectivity index (χ4n) is 5.34. The van der Waals surface area contributed by atoms with E-state index in [1.807, 2.05) is 11.0 Å². The molecule has 1 aromatic heterocycles. The van der Waals surface area contributed by atoms with Gasteiger partial charge >= 0.3 is 0 Å². The zero-order valence-corrected chi connectivity index (χ0v) is 24.6. The number of rotatable bonds is 5. The van der Waals surface area contributed by atoms with Gasteiger partial charge in [-0.15, -0.1) is 0 Å². The second-order valence-corrected chi connectivity index (χ2v) is 15.3. The molecule has 40 heavy (non-hydrogen) atoms. The topological polar surface area (TPSA) is 123 Å². The smallest absolute Gasteiger partial charge is 0.270 e. The van der Waals surface area contributed by atoms with Crippen molar-refractivity contribution >= 4 is 43.1 Å². The highest BCUT2D eigenvalue weighted by molar-refractivity contribution is 8.24. The van der Waals surface area contributed by atoms with Gasteiger partial charge in [-0.2, -0.15) is 10.6 Å². The molecule has 0 bridgehead atoms. The summed E-state index contributed by atoms with van der Waals surface area (Å²) in [5.41, 5.74) is 2.21. The molecule has 0 unspecified atom stereocenters. The van der Waals surface area contributed by atoms with Crippen LogP contribution in [0.2, 0.25) is 0 Å². The van der Waals surface area contributed by atoms with Crippen molar-refractivity contribution in [1.82, 2.24) is 19.3 Å². The van der Waals surface area contributed by atoms with Crippen molar-refractivity contribution in [2.24, 2.45) is 0 Å². The molecule has 0 atom stereocenters. The third kappa shape index (κ3) is 5.77. The van der Waals surface area contributed by atoms with Crippen LogP contribution < -0.4 is 0 Å². The predicted molar refractivity (Wildman–Crippen MR) is 157 cm³/mol.